The van der Waals surface area contributed by atoms with Gasteiger partial charge in [0.2, 0.25) is 0 Å². The summed E-state index contributed by atoms with van der Waals surface area (Å²) < 4.78 is 73.1. The van der Waals surface area contributed by atoms with Crippen molar-refractivity contribution in [1.82, 2.24) is 0 Å². The number of benzene rings is 4. The van der Waals surface area contributed by atoms with Gasteiger partial charge in [-0.15, -0.1) is 0 Å². The lowest BCUT2D eigenvalue weighted by atomic mass is 10.1. The number of hydrazone groups is 2. The Kier molecular flexibility index (Phi) is 12.5. The van der Waals surface area contributed by atoms with E-state index in [4.69, 9.17) is 0 Å². The second kappa shape index (κ2) is 17.9. The van der Waals surface area contributed by atoms with Crippen molar-refractivity contribution >= 4 is 95.2 Å². The molecule has 4 aromatic carbocycles. The highest BCUT2D eigenvalue weighted by atomic mass is 32.2. The summed E-state index contributed by atoms with van der Waals surface area (Å²) in [5.41, 5.74) is 4.86. The van der Waals surface area contributed by atoms with E-state index in [2.05, 4.69) is 42.3 Å². The quantitative estimate of drug-likeness (QED) is 0.0557. The summed E-state index contributed by atoms with van der Waals surface area (Å²) in [5, 5.41) is 36.7. The SMILES string of the molecule is O=C1C=CC(=NNc2ccc(C(=O)Nc3ccc(NC(=O)Nc4ccc(NC(=O)c5ccc(NN=C6C=CC(=O)C=C6O)cc5)c(S(=O)(=O)[O-])c4)cc3S(=O)(=O)[O-])cc2)C(O)=C1. The minimum Gasteiger partial charge on any atom is -0.744 e. The Morgan fingerprint density at radius 3 is 1.19 bits per heavy atom. The van der Waals surface area contributed by atoms with Crippen LogP contribution in [-0.4, -0.2) is 77.0 Å². The first-order chi connectivity index (χ1) is 29.3. The molecule has 62 heavy (non-hydrogen) atoms. The highest BCUT2D eigenvalue weighted by Crippen LogP contribution is 2.28. The van der Waals surface area contributed by atoms with E-state index >= 15 is 0 Å². The van der Waals surface area contributed by atoms with Crippen LogP contribution in [-0.2, 0) is 29.8 Å². The van der Waals surface area contributed by atoms with Crippen molar-refractivity contribution in [1.29, 1.82) is 0 Å². The summed E-state index contributed by atoms with van der Waals surface area (Å²) in [4.78, 5) is 59.6. The van der Waals surface area contributed by atoms with Gasteiger partial charge in [-0.25, -0.2) is 21.6 Å². The number of nitrogens with one attached hydrogen (secondary N) is 6. The van der Waals surface area contributed by atoms with E-state index in [0.29, 0.717) is 11.4 Å². The van der Waals surface area contributed by atoms with E-state index in [1.54, 1.807) is 0 Å². The summed E-state index contributed by atoms with van der Waals surface area (Å²) >= 11 is 0. The number of carbonyl (C=O) groups is 5. The van der Waals surface area contributed by atoms with Crippen molar-refractivity contribution in [3.05, 3.63) is 144 Å². The van der Waals surface area contributed by atoms with Gasteiger partial charge >= 0.3 is 6.03 Å². The van der Waals surface area contributed by atoms with Gasteiger partial charge in [-0.1, -0.05) is 0 Å². The van der Waals surface area contributed by atoms with Gasteiger partial charge in [0.25, 0.3) is 11.8 Å². The van der Waals surface area contributed by atoms with Gasteiger partial charge in [0, 0.05) is 34.7 Å². The van der Waals surface area contributed by atoms with Crippen LogP contribution in [0.5, 0.6) is 0 Å². The lowest BCUT2D eigenvalue weighted by Crippen LogP contribution is -2.21. The summed E-state index contributed by atoms with van der Waals surface area (Å²) in [6.07, 6.45) is 6.95. The van der Waals surface area contributed by atoms with Crippen LogP contribution in [0.3, 0.4) is 0 Å². The standard InChI is InChI=1S/C39H30N8O13S2/c48-27-11-15-29(33(50)19-27)46-44-23-5-1-21(2-6-23)37(52)42-31-13-9-25(17-35(31)61(55,56)57)40-39(54)41-26-10-14-32(36(18-26)62(58,59)60)43-38(53)22-3-7-24(8-4-22)45-47-30-16-12-28(49)20-34(30)51/h1-20,44-45,50-51H,(H,42,52)(H,43,53)(H2,40,41,54)(H,55,56,57)(H,58,59,60)/p-2. The van der Waals surface area contributed by atoms with Crippen LogP contribution in [0.1, 0.15) is 20.7 Å². The summed E-state index contributed by atoms with van der Waals surface area (Å²) in [7, 11) is -10.5. The molecule has 21 nitrogen and oxygen atoms in total. The molecule has 0 radical (unpaired) electrons. The molecule has 316 valence electrons. The Bertz CT molecular complexity index is 2760. The molecule has 4 aromatic rings. The van der Waals surface area contributed by atoms with Crippen LogP contribution >= 0.6 is 0 Å². The molecule has 0 unspecified atom stereocenters. The molecule has 0 heterocycles. The average molecular weight is 881 g/mol. The third-order valence-corrected chi connectivity index (χ3v) is 10.1. The largest absolute Gasteiger partial charge is 0.744 e. The van der Waals surface area contributed by atoms with Crippen LogP contribution in [0.25, 0.3) is 0 Å². The number of nitrogens with zero attached hydrogens (tertiary/aromatic N) is 2. The zero-order chi connectivity index (χ0) is 44.8. The number of anilines is 6. The molecule has 0 bridgehead atoms. The van der Waals surface area contributed by atoms with Crippen molar-refractivity contribution < 1.29 is 60.1 Å². The van der Waals surface area contributed by atoms with Crippen LogP contribution in [0, 0.1) is 0 Å². The van der Waals surface area contributed by atoms with Crippen LogP contribution in [0.2, 0.25) is 0 Å². The number of hydrogen-bond donors (Lipinski definition) is 8. The molecule has 2 aliphatic rings. The topological polar surface area (TPSA) is 337 Å². The monoisotopic (exact) mass is 880 g/mol. The molecule has 0 spiro atoms. The zero-order valence-corrected chi connectivity index (χ0v) is 32.8. The second-order valence-corrected chi connectivity index (χ2v) is 15.4. The van der Waals surface area contributed by atoms with Crippen molar-refractivity contribution in [2.24, 2.45) is 10.2 Å². The van der Waals surface area contributed by atoms with Crippen molar-refractivity contribution in [2.75, 3.05) is 32.1 Å². The number of aliphatic hydroxyl groups is 2. The molecule has 0 fully saturated rings. The predicted octanol–water partition coefficient (Wildman–Crippen LogP) is 4.34. The van der Waals surface area contributed by atoms with Gasteiger partial charge in [0.05, 0.1) is 32.5 Å². The van der Waals surface area contributed by atoms with Crippen molar-refractivity contribution in [2.45, 2.75) is 9.79 Å². The number of aliphatic hydroxyl groups excluding tert-OH is 2. The lowest BCUT2D eigenvalue weighted by Gasteiger charge is -2.17. The maximum atomic E-state index is 13.0. The molecular formula is C39H28N8O13S2-2. The average Bonchev–Trinajstić information content (AvgIpc) is 3.21. The number of rotatable bonds is 12. The molecule has 4 amide bonds. The number of amides is 4. The molecule has 0 atom stereocenters. The van der Waals surface area contributed by atoms with E-state index in [0.717, 1.165) is 48.6 Å². The van der Waals surface area contributed by atoms with E-state index in [1.165, 1.54) is 72.8 Å². The fraction of sp³-hybridized carbons (Fsp3) is 0. The Balaban J connectivity index is 1.09. The number of urea groups is 1. The number of carbonyl (C=O) groups excluding carboxylic acids is 5. The fourth-order valence-corrected chi connectivity index (χ4v) is 6.66. The van der Waals surface area contributed by atoms with Crippen LogP contribution in [0.4, 0.5) is 38.9 Å². The molecule has 6 rings (SSSR count). The van der Waals surface area contributed by atoms with E-state index < -0.39 is 70.8 Å². The first-order valence-electron chi connectivity index (χ1n) is 17.4. The van der Waals surface area contributed by atoms with Gasteiger partial charge in [-0.05, 0) is 109 Å². The highest BCUT2D eigenvalue weighted by molar-refractivity contribution is 7.86. The Morgan fingerprint density at radius 2 is 0.855 bits per heavy atom. The number of allylic oxidation sites excluding steroid dienone is 6. The lowest BCUT2D eigenvalue weighted by molar-refractivity contribution is -0.111. The summed E-state index contributed by atoms with van der Waals surface area (Å²) in [6, 6.07) is 15.9. The molecule has 8 N–H and O–H groups in total. The normalized spacial score (nSPS) is 15.1. The van der Waals surface area contributed by atoms with Crippen LogP contribution in [0.15, 0.2) is 153 Å². The molecule has 0 saturated carbocycles. The van der Waals surface area contributed by atoms with Crippen LogP contribution < -0.4 is 32.1 Å². The summed E-state index contributed by atoms with van der Waals surface area (Å²) in [5.74, 6) is -3.18. The molecule has 2 aliphatic carbocycles. The number of ketones is 2. The number of hydrogen-bond acceptors (Lipinski definition) is 17. The van der Waals surface area contributed by atoms with Crippen molar-refractivity contribution in [3.63, 3.8) is 0 Å². The first kappa shape index (κ1) is 43.3. The Hall–Kier alpha value is -8.25. The summed E-state index contributed by atoms with van der Waals surface area (Å²) in [6.45, 7) is 0. The second-order valence-electron chi connectivity index (χ2n) is 12.7. The van der Waals surface area contributed by atoms with Gasteiger partial charge in [0.15, 0.2) is 11.6 Å². The zero-order valence-electron chi connectivity index (χ0n) is 31.1. The third kappa shape index (κ3) is 11.1. The van der Waals surface area contributed by atoms with E-state index in [9.17, 15) is 60.1 Å². The first-order valence-corrected chi connectivity index (χ1v) is 20.2. The van der Waals surface area contributed by atoms with Gasteiger partial charge in [-0.3, -0.25) is 30.0 Å². The maximum absolute atomic E-state index is 13.0. The van der Waals surface area contributed by atoms with E-state index in [-0.39, 0.29) is 45.4 Å². The molecule has 0 saturated heterocycles. The highest BCUT2D eigenvalue weighted by Gasteiger charge is 2.18. The fourth-order valence-electron chi connectivity index (χ4n) is 5.34. The third-order valence-electron chi connectivity index (χ3n) is 8.31. The molecule has 0 aromatic heterocycles. The van der Waals surface area contributed by atoms with Gasteiger partial charge in [0.1, 0.15) is 43.2 Å². The molecule has 23 heteroatoms. The van der Waals surface area contributed by atoms with Gasteiger partial charge in [-0.2, -0.15) is 10.2 Å². The molecule has 0 aliphatic heterocycles. The minimum absolute atomic E-state index is 0.0266. The minimum atomic E-state index is -5.26. The van der Waals surface area contributed by atoms with Gasteiger partial charge < -0.3 is 40.6 Å². The Morgan fingerprint density at radius 1 is 0.500 bits per heavy atom. The maximum Gasteiger partial charge on any atom is 0.323 e. The van der Waals surface area contributed by atoms with Crippen molar-refractivity contribution in [3.8, 4) is 0 Å². The molecular weight excluding hydrogens is 853 g/mol. The smallest absolute Gasteiger partial charge is 0.323 e. The Labute approximate surface area is 350 Å². The predicted molar refractivity (Wildman–Crippen MR) is 222 cm³/mol. The van der Waals surface area contributed by atoms with E-state index in [1.807, 2.05) is 0 Å².